The molecule has 0 aliphatic rings. The molecule has 0 fully saturated rings. The standard InChI is InChI=1S/C7H15N5/c1-6(2)5-11(3)7-8-9-10-12(7)4/h6H,5H2,1-4H3. The fourth-order valence-electron chi connectivity index (χ4n) is 1.18. The van der Waals surface area contributed by atoms with Crippen molar-refractivity contribution in [3.63, 3.8) is 0 Å². The maximum Gasteiger partial charge on any atom is 0.245 e. The van der Waals surface area contributed by atoms with Crippen LogP contribution in [0.1, 0.15) is 13.8 Å². The third-order valence-electron chi connectivity index (χ3n) is 1.58. The fourth-order valence-corrected chi connectivity index (χ4v) is 1.18. The van der Waals surface area contributed by atoms with E-state index >= 15 is 0 Å². The Kier molecular flexibility index (Phi) is 2.62. The topological polar surface area (TPSA) is 46.8 Å². The largest absolute Gasteiger partial charge is 0.342 e. The Labute approximate surface area is 72.4 Å². The van der Waals surface area contributed by atoms with Gasteiger partial charge in [-0.15, -0.1) is 0 Å². The van der Waals surface area contributed by atoms with Gasteiger partial charge in [0, 0.05) is 20.6 Å². The number of hydrogen-bond donors (Lipinski definition) is 0. The van der Waals surface area contributed by atoms with Crippen LogP contribution in [-0.2, 0) is 7.05 Å². The molecule has 0 aromatic carbocycles. The fraction of sp³-hybridized carbons (Fsp3) is 0.857. The zero-order valence-corrected chi connectivity index (χ0v) is 8.02. The second-order valence-electron chi connectivity index (χ2n) is 3.38. The van der Waals surface area contributed by atoms with Gasteiger partial charge < -0.3 is 4.90 Å². The molecule has 0 bridgehead atoms. The second kappa shape index (κ2) is 3.51. The van der Waals surface area contributed by atoms with Gasteiger partial charge in [0.2, 0.25) is 5.95 Å². The van der Waals surface area contributed by atoms with Crippen LogP contribution in [-0.4, -0.2) is 33.8 Å². The molecule has 0 saturated carbocycles. The minimum Gasteiger partial charge on any atom is -0.342 e. The molecule has 68 valence electrons. The SMILES string of the molecule is CC(C)CN(C)c1nnnn1C. The van der Waals surface area contributed by atoms with Gasteiger partial charge in [-0.2, -0.15) is 0 Å². The summed E-state index contributed by atoms with van der Waals surface area (Å²) >= 11 is 0. The Balaban J connectivity index is 2.65. The van der Waals surface area contributed by atoms with Gasteiger partial charge in [-0.25, -0.2) is 4.68 Å². The summed E-state index contributed by atoms with van der Waals surface area (Å²) in [6.45, 7) is 5.30. The summed E-state index contributed by atoms with van der Waals surface area (Å²) in [6.07, 6.45) is 0. The molecule has 0 unspecified atom stereocenters. The normalized spacial score (nSPS) is 10.8. The number of anilines is 1. The number of aryl methyl sites for hydroxylation is 1. The molecule has 1 heterocycles. The van der Waals surface area contributed by atoms with Gasteiger partial charge in [-0.05, 0) is 16.3 Å². The summed E-state index contributed by atoms with van der Waals surface area (Å²) in [7, 11) is 3.83. The highest BCUT2D eigenvalue weighted by Crippen LogP contribution is 2.06. The molecular weight excluding hydrogens is 154 g/mol. The molecule has 1 rings (SSSR count). The van der Waals surface area contributed by atoms with Crippen molar-refractivity contribution < 1.29 is 0 Å². The van der Waals surface area contributed by atoms with Gasteiger partial charge >= 0.3 is 0 Å². The summed E-state index contributed by atoms with van der Waals surface area (Å²) in [5.41, 5.74) is 0. The van der Waals surface area contributed by atoms with Crippen molar-refractivity contribution >= 4 is 5.95 Å². The number of nitrogens with zero attached hydrogens (tertiary/aromatic N) is 5. The van der Waals surface area contributed by atoms with Crippen molar-refractivity contribution in [2.24, 2.45) is 13.0 Å². The lowest BCUT2D eigenvalue weighted by molar-refractivity contribution is 0.615. The summed E-state index contributed by atoms with van der Waals surface area (Å²) in [4.78, 5) is 2.05. The highest BCUT2D eigenvalue weighted by Gasteiger charge is 2.08. The molecule has 0 spiro atoms. The van der Waals surface area contributed by atoms with Crippen molar-refractivity contribution in [2.45, 2.75) is 13.8 Å². The maximum absolute atomic E-state index is 3.90. The molecule has 0 saturated heterocycles. The summed E-state index contributed by atoms with van der Waals surface area (Å²) < 4.78 is 1.67. The molecule has 1 aromatic heterocycles. The minimum absolute atomic E-state index is 0.617. The molecule has 0 radical (unpaired) electrons. The maximum atomic E-state index is 3.90. The van der Waals surface area contributed by atoms with Crippen molar-refractivity contribution in [1.82, 2.24) is 20.2 Å². The van der Waals surface area contributed by atoms with Crippen LogP contribution in [0.3, 0.4) is 0 Å². The predicted molar refractivity (Wildman–Crippen MR) is 46.9 cm³/mol. The molecule has 5 nitrogen and oxygen atoms in total. The van der Waals surface area contributed by atoms with E-state index in [4.69, 9.17) is 0 Å². The quantitative estimate of drug-likeness (QED) is 0.653. The third kappa shape index (κ3) is 1.93. The van der Waals surface area contributed by atoms with E-state index in [0.717, 1.165) is 12.5 Å². The van der Waals surface area contributed by atoms with Gasteiger partial charge in [0.15, 0.2) is 0 Å². The Hall–Kier alpha value is -1.13. The Morgan fingerprint density at radius 2 is 2.17 bits per heavy atom. The van der Waals surface area contributed by atoms with E-state index in [1.165, 1.54) is 0 Å². The zero-order chi connectivity index (χ0) is 9.14. The Morgan fingerprint density at radius 3 is 2.58 bits per heavy atom. The smallest absolute Gasteiger partial charge is 0.245 e. The number of aromatic nitrogens is 4. The van der Waals surface area contributed by atoms with E-state index in [1.54, 1.807) is 4.68 Å². The lowest BCUT2D eigenvalue weighted by atomic mass is 10.2. The van der Waals surface area contributed by atoms with Crippen LogP contribution in [0.5, 0.6) is 0 Å². The van der Waals surface area contributed by atoms with Crippen LogP contribution in [0.2, 0.25) is 0 Å². The summed E-state index contributed by atoms with van der Waals surface area (Å²) in [5.74, 6) is 1.43. The number of tetrazole rings is 1. The average Bonchev–Trinajstić information content (AvgIpc) is 2.33. The van der Waals surface area contributed by atoms with E-state index in [9.17, 15) is 0 Å². The monoisotopic (exact) mass is 169 g/mol. The van der Waals surface area contributed by atoms with Crippen LogP contribution in [0.15, 0.2) is 0 Å². The van der Waals surface area contributed by atoms with Crippen molar-refractivity contribution in [2.75, 3.05) is 18.5 Å². The molecule has 0 N–H and O–H groups in total. The molecule has 12 heavy (non-hydrogen) atoms. The Morgan fingerprint density at radius 1 is 1.50 bits per heavy atom. The van der Waals surface area contributed by atoms with Gasteiger partial charge in [0.05, 0.1) is 0 Å². The van der Waals surface area contributed by atoms with Gasteiger partial charge in [-0.1, -0.05) is 18.9 Å². The minimum atomic E-state index is 0.617. The molecule has 0 atom stereocenters. The van der Waals surface area contributed by atoms with E-state index in [-0.39, 0.29) is 0 Å². The number of hydrogen-bond acceptors (Lipinski definition) is 4. The van der Waals surface area contributed by atoms with E-state index in [1.807, 2.05) is 19.0 Å². The first-order valence-corrected chi connectivity index (χ1v) is 4.04. The van der Waals surface area contributed by atoms with Crippen LogP contribution < -0.4 is 4.90 Å². The Bertz CT molecular complexity index is 242. The highest BCUT2D eigenvalue weighted by atomic mass is 15.6. The molecular formula is C7H15N5. The molecule has 5 heteroatoms. The lowest BCUT2D eigenvalue weighted by Gasteiger charge is -2.18. The zero-order valence-electron chi connectivity index (χ0n) is 8.02. The lowest BCUT2D eigenvalue weighted by Crippen LogP contribution is -2.25. The first kappa shape index (κ1) is 8.96. The first-order valence-electron chi connectivity index (χ1n) is 4.04. The molecule has 0 aliphatic heterocycles. The van der Waals surface area contributed by atoms with Crippen LogP contribution >= 0.6 is 0 Å². The van der Waals surface area contributed by atoms with E-state index in [0.29, 0.717) is 5.92 Å². The van der Waals surface area contributed by atoms with Gasteiger partial charge in [-0.3, -0.25) is 0 Å². The first-order chi connectivity index (χ1) is 5.61. The average molecular weight is 169 g/mol. The second-order valence-corrected chi connectivity index (χ2v) is 3.38. The van der Waals surface area contributed by atoms with Crippen molar-refractivity contribution in [3.8, 4) is 0 Å². The molecule has 0 amide bonds. The summed E-state index contributed by atoms with van der Waals surface area (Å²) in [5, 5.41) is 11.2. The van der Waals surface area contributed by atoms with Crippen LogP contribution in [0.25, 0.3) is 0 Å². The van der Waals surface area contributed by atoms with Crippen molar-refractivity contribution in [1.29, 1.82) is 0 Å². The van der Waals surface area contributed by atoms with Crippen LogP contribution in [0, 0.1) is 5.92 Å². The highest BCUT2D eigenvalue weighted by molar-refractivity contribution is 5.25. The van der Waals surface area contributed by atoms with E-state index in [2.05, 4.69) is 29.4 Å². The van der Waals surface area contributed by atoms with E-state index < -0.39 is 0 Å². The summed E-state index contributed by atoms with van der Waals surface area (Å²) in [6, 6.07) is 0. The molecule has 1 aromatic rings. The number of rotatable bonds is 3. The third-order valence-corrected chi connectivity index (χ3v) is 1.58. The van der Waals surface area contributed by atoms with Crippen LogP contribution in [0.4, 0.5) is 5.95 Å². The van der Waals surface area contributed by atoms with Crippen molar-refractivity contribution in [3.05, 3.63) is 0 Å². The van der Waals surface area contributed by atoms with Gasteiger partial charge in [0.1, 0.15) is 0 Å². The predicted octanol–water partition coefficient (Wildman–Crippen LogP) is 0.302. The van der Waals surface area contributed by atoms with Gasteiger partial charge in [0.25, 0.3) is 0 Å². The molecule has 0 aliphatic carbocycles.